The molecule has 2 aromatic carbocycles. The minimum absolute atomic E-state index is 0.533. The maximum atomic E-state index is 5.53. The predicted molar refractivity (Wildman–Crippen MR) is 85.9 cm³/mol. The molecule has 0 saturated carbocycles. The first-order valence-electron chi connectivity index (χ1n) is 7.69. The van der Waals surface area contributed by atoms with Gasteiger partial charge in [-0.3, -0.25) is 4.90 Å². The van der Waals surface area contributed by atoms with Gasteiger partial charge in [0.05, 0.1) is 7.11 Å². The van der Waals surface area contributed by atoms with Crippen LogP contribution in [0.4, 0.5) is 0 Å². The molecular formula is C19H21NO. The lowest BCUT2D eigenvalue weighted by atomic mass is 9.77. The molecule has 21 heavy (non-hydrogen) atoms. The van der Waals surface area contributed by atoms with Crippen LogP contribution in [0.1, 0.15) is 28.3 Å². The summed E-state index contributed by atoms with van der Waals surface area (Å²) in [5.74, 6) is 0.994. The van der Waals surface area contributed by atoms with Gasteiger partial charge in [0, 0.05) is 12.6 Å². The Morgan fingerprint density at radius 1 is 1.14 bits per heavy atom. The quantitative estimate of drug-likeness (QED) is 0.788. The molecule has 1 aliphatic heterocycles. The number of rotatable bonds is 1. The van der Waals surface area contributed by atoms with Gasteiger partial charge in [-0.1, -0.05) is 24.3 Å². The van der Waals surface area contributed by atoms with Gasteiger partial charge in [-0.05, 0) is 66.3 Å². The summed E-state index contributed by atoms with van der Waals surface area (Å²) in [7, 11) is 4.01. The van der Waals surface area contributed by atoms with E-state index in [9.17, 15) is 0 Å². The summed E-state index contributed by atoms with van der Waals surface area (Å²) in [4.78, 5) is 2.51. The molecule has 0 spiro atoms. The lowest BCUT2D eigenvalue weighted by Gasteiger charge is -2.40. The molecular weight excluding hydrogens is 258 g/mol. The number of ether oxygens (including phenoxy) is 1. The average molecular weight is 279 g/mol. The normalized spacial score (nSPS) is 19.9. The second-order valence-corrected chi connectivity index (χ2v) is 6.31. The highest BCUT2D eigenvalue weighted by molar-refractivity contribution is 5.77. The van der Waals surface area contributed by atoms with Crippen molar-refractivity contribution in [1.82, 2.24) is 4.90 Å². The van der Waals surface area contributed by atoms with Gasteiger partial charge in [0.15, 0.2) is 0 Å². The third-order valence-corrected chi connectivity index (χ3v) is 5.12. The molecule has 2 nitrogen and oxygen atoms in total. The van der Waals surface area contributed by atoms with Crippen molar-refractivity contribution in [2.24, 2.45) is 0 Å². The Morgan fingerprint density at radius 2 is 2.00 bits per heavy atom. The zero-order chi connectivity index (χ0) is 14.6. The average Bonchev–Trinajstić information content (AvgIpc) is 2.50. The summed E-state index contributed by atoms with van der Waals surface area (Å²) in [6.07, 6.45) is 2.27. The van der Waals surface area contributed by atoms with Crippen molar-refractivity contribution in [3.63, 3.8) is 0 Å². The number of methoxy groups -OCH3 is 1. The summed E-state index contributed by atoms with van der Waals surface area (Å²) < 4.78 is 5.53. The summed E-state index contributed by atoms with van der Waals surface area (Å²) in [5.41, 5.74) is 8.53. The van der Waals surface area contributed by atoms with Crippen molar-refractivity contribution in [3.05, 3.63) is 52.6 Å². The maximum absolute atomic E-state index is 5.53. The Bertz CT molecular complexity index is 720. The Labute approximate surface area is 126 Å². The molecule has 2 aromatic rings. The largest absolute Gasteiger partial charge is 0.496 e. The number of likely N-dealkylation sites (N-methyl/N-ethyl adjacent to an activating group) is 1. The summed E-state index contributed by atoms with van der Waals surface area (Å²) >= 11 is 0. The number of benzene rings is 2. The fourth-order valence-corrected chi connectivity index (χ4v) is 3.99. The van der Waals surface area contributed by atoms with Gasteiger partial charge in [0.25, 0.3) is 0 Å². The second-order valence-electron chi connectivity index (χ2n) is 6.31. The lowest BCUT2D eigenvalue weighted by molar-refractivity contribution is 0.228. The van der Waals surface area contributed by atoms with Gasteiger partial charge in [-0.15, -0.1) is 0 Å². The SMILES string of the molecule is COc1cc2c(cc1C)C[C@H]1c3c(cccc3-2)CCN1C. The molecule has 1 heterocycles. The fourth-order valence-electron chi connectivity index (χ4n) is 3.99. The summed E-state index contributed by atoms with van der Waals surface area (Å²) in [5, 5.41) is 0. The van der Waals surface area contributed by atoms with Crippen molar-refractivity contribution < 1.29 is 4.74 Å². The van der Waals surface area contributed by atoms with Crippen LogP contribution >= 0.6 is 0 Å². The Balaban J connectivity index is 1.99. The number of fused-ring (bicyclic) bond motifs is 2. The van der Waals surface area contributed by atoms with Crippen molar-refractivity contribution in [3.8, 4) is 16.9 Å². The number of aryl methyl sites for hydroxylation is 1. The molecule has 108 valence electrons. The van der Waals surface area contributed by atoms with E-state index < -0.39 is 0 Å². The minimum atomic E-state index is 0.533. The van der Waals surface area contributed by atoms with Gasteiger partial charge in [-0.25, -0.2) is 0 Å². The third-order valence-electron chi connectivity index (χ3n) is 5.12. The molecule has 0 unspecified atom stereocenters. The van der Waals surface area contributed by atoms with Gasteiger partial charge in [0.1, 0.15) is 5.75 Å². The predicted octanol–water partition coefficient (Wildman–Crippen LogP) is 3.76. The van der Waals surface area contributed by atoms with E-state index in [1.54, 1.807) is 12.7 Å². The fraction of sp³-hybridized carbons (Fsp3) is 0.368. The number of hydrogen-bond donors (Lipinski definition) is 0. The van der Waals surface area contributed by atoms with Crippen LogP contribution in [0.3, 0.4) is 0 Å². The van der Waals surface area contributed by atoms with Gasteiger partial charge < -0.3 is 4.74 Å². The Hall–Kier alpha value is -1.80. The van der Waals surface area contributed by atoms with Crippen molar-refractivity contribution >= 4 is 0 Å². The summed E-state index contributed by atoms with van der Waals surface area (Å²) in [6, 6.07) is 11.9. The highest BCUT2D eigenvalue weighted by Crippen LogP contribution is 2.46. The highest BCUT2D eigenvalue weighted by Gasteiger charge is 2.32. The van der Waals surface area contributed by atoms with E-state index in [0.717, 1.165) is 25.1 Å². The van der Waals surface area contributed by atoms with Crippen molar-refractivity contribution in [2.75, 3.05) is 20.7 Å². The van der Waals surface area contributed by atoms with Crippen LogP contribution in [0, 0.1) is 6.92 Å². The first-order valence-corrected chi connectivity index (χ1v) is 7.69. The van der Waals surface area contributed by atoms with Crippen LogP contribution < -0.4 is 4.74 Å². The van der Waals surface area contributed by atoms with Crippen LogP contribution in [-0.4, -0.2) is 25.6 Å². The molecule has 0 radical (unpaired) electrons. The molecule has 0 saturated heterocycles. The number of nitrogens with zero attached hydrogens (tertiary/aromatic N) is 1. The summed E-state index contributed by atoms with van der Waals surface area (Å²) in [6.45, 7) is 3.29. The standard InChI is InChI=1S/C19H21NO/c1-12-9-14-10-17-19-13(7-8-20(17)2)5-4-6-15(19)16(14)11-18(12)21-3/h4-6,9,11,17H,7-8,10H2,1-3H3/t17-/m0/s1. The zero-order valence-electron chi connectivity index (χ0n) is 12.9. The van der Waals surface area contributed by atoms with E-state index in [2.05, 4.69) is 49.2 Å². The van der Waals surface area contributed by atoms with Gasteiger partial charge >= 0.3 is 0 Å². The molecule has 0 fully saturated rings. The first kappa shape index (κ1) is 12.9. The maximum Gasteiger partial charge on any atom is 0.122 e. The molecule has 0 aromatic heterocycles. The Kier molecular flexibility index (Phi) is 2.83. The topological polar surface area (TPSA) is 12.5 Å². The highest BCUT2D eigenvalue weighted by atomic mass is 16.5. The molecule has 2 heteroatoms. The molecule has 0 N–H and O–H groups in total. The smallest absolute Gasteiger partial charge is 0.122 e. The second kappa shape index (κ2) is 4.60. The molecule has 0 amide bonds. The van der Waals surface area contributed by atoms with Crippen LogP contribution in [0.15, 0.2) is 30.3 Å². The van der Waals surface area contributed by atoms with Gasteiger partial charge in [-0.2, -0.15) is 0 Å². The molecule has 4 rings (SSSR count). The molecule has 0 bridgehead atoms. The molecule has 1 atom stereocenters. The van der Waals surface area contributed by atoms with E-state index in [1.807, 2.05) is 0 Å². The third kappa shape index (κ3) is 1.82. The number of hydrogen-bond acceptors (Lipinski definition) is 2. The van der Waals surface area contributed by atoms with E-state index in [-0.39, 0.29) is 0 Å². The van der Waals surface area contributed by atoms with E-state index >= 15 is 0 Å². The van der Waals surface area contributed by atoms with Crippen molar-refractivity contribution in [2.45, 2.75) is 25.8 Å². The van der Waals surface area contributed by atoms with E-state index in [0.29, 0.717) is 6.04 Å². The van der Waals surface area contributed by atoms with Crippen molar-refractivity contribution in [1.29, 1.82) is 0 Å². The molecule has 1 aliphatic carbocycles. The van der Waals surface area contributed by atoms with Gasteiger partial charge in [0.2, 0.25) is 0 Å². The molecule has 2 aliphatic rings. The minimum Gasteiger partial charge on any atom is -0.496 e. The Morgan fingerprint density at radius 3 is 2.81 bits per heavy atom. The van der Waals surface area contributed by atoms with Crippen LogP contribution in [0.5, 0.6) is 5.75 Å². The van der Waals surface area contributed by atoms with Crippen LogP contribution in [0.25, 0.3) is 11.1 Å². The van der Waals surface area contributed by atoms with Crippen LogP contribution in [-0.2, 0) is 12.8 Å². The van der Waals surface area contributed by atoms with E-state index in [4.69, 9.17) is 4.74 Å². The van der Waals surface area contributed by atoms with E-state index in [1.165, 1.54) is 27.8 Å². The van der Waals surface area contributed by atoms with Crippen LogP contribution in [0.2, 0.25) is 0 Å². The lowest BCUT2D eigenvalue weighted by Crippen LogP contribution is -2.35. The first-order chi connectivity index (χ1) is 10.2. The zero-order valence-corrected chi connectivity index (χ0v) is 12.9. The monoisotopic (exact) mass is 279 g/mol.